The molecule has 192 valence electrons. The Balaban J connectivity index is 1.61. The first kappa shape index (κ1) is 25.9. The summed E-state index contributed by atoms with van der Waals surface area (Å²) in [6.45, 7) is 7.48. The van der Waals surface area contributed by atoms with E-state index in [1.54, 1.807) is 31.4 Å². The first-order chi connectivity index (χ1) is 17.3. The molecule has 2 heterocycles. The molecular weight excluding hydrogens is 464 g/mol. The number of hydrogen-bond acceptors (Lipinski definition) is 8. The monoisotopic (exact) mass is 496 g/mol. The van der Waals surface area contributed by atoms with Gasteiger partial charge in [0.15, 0.2) is 5.78 Å². The minimum absolute atomic E-state index is 0.173. The molecule has 1 aliphatic heterocycles. The van der Waals surface area contributed by atoms with Gasteiger partial charge in [-0.15, -0.1) is 0 Å². The fourth-order valence-electron chi connectivity index (χ4n) is 4.38. The molecule has 0 amide bonds. The van der Waals surface area contributed by atoms with Crippen molar-refractivity contribution in [3.8, 4) is 11.5 Å². The van der Waals surface area contributed by atoms with Crippen molar-refractivity contribution in [2.24, 2.45) is 0 Å². The van der Waals surface area contributed by atoms with Gasteiger partial charge < -0.3 is 33.9 Å². The van der Waals surface area contributed by atoms with Crippen LogP contribution in [-0.4, -0.2) is 58.4 Å². The van der Waals surface area contributed by atoms with E-state index in [1.165, 1.54) is 0 Å². The number of aryl methyl sites for hydroxylation is 2. The van der Waals surface area contributed by atoms with Gasteiger partial charge in [0.05, 0.1) is 12.4 Å². The number of ketones is 1. The Bertz CT molecular complexity index is 1210. The average Bonchev–Trinajstić information content (AvgIpc) is 3.34. The van der Waals surface area contributed by atoms with Crippen LogP contribution in [0.1, 0.15) is 41.3 Å². The first-order valence-electron chi connectivity index (χ1n) is 12.1. The molecule has 3 aromatic rings. The molecule has 0 bridgehead atoms. The van der Waals surface area contributed by atoms with Gasteiger partial charge in [-0.2, -0.15) is 0 Å². The molecule has 0 aliphatic carbocycles. The molecule has 4 rings (SSSR count). The van der Waals surface area contributed by atoms with Gasteiger partial charge in [-0.3, -0.25) is 4.79 Å². The van der Waals surface area contributed by atoms with Gasteiger partial charge in [-0.05, 0) is 61.2 Å². The van der Waals surface area contributed by atoms with Crippen molar-refractivity contribution < 1.29 is 38.7 Å². The van der Waals surface area contributed by atoms with Gasteiger partial charge in [0.1, 0.15) is 47.6 Å². The molecule has 8 nitrogen and oxygen atoms in total. The van der Waals surface area contributed by atoms with Crippen LogP contribution < -0.4 is 9.47 Å². The lowest BCUT2D eigenvalue weighted by Crippen LogP contribution is -2.59. The van der Waals surface area contributed by atoms with Crippen LogP contribution in [0.4, 0.5) is 0 Å². The van der Waals surface area contributed by atoms with Gasteiger partial charge in [-0.25, -0.2) is 0 Å². The summed E-state index contributed by atoms with van der Waals surface area (Å²) in [6, 6.07) is 11.1. The van der Waals surface area contributed by atoms with Crippen LogP contribution in [0, 0.1) is 6.92 Å². The molecule has 0 radical (unpaired) electrons. The number of carbonyl (C=O) groups excluding carboxylic acids is 1. The number of carbonyl (C=O) groups is 1. The second-order valence-corrected chi connectivity index (χ2v) is 8.99. The molecule has 1 saturated heterocycles. The number of rotatable bonds is 10. The van der Waals surface area contributed by atoms with Crippen molar-refractivity contribution in [3.05, 3.63) is 72.0 Å². The lowest BCUT2D eigenvalue weighted by Gasteiger charge is -2.40. The highest BCUT2D eigenvalue weighted by Gasteiger charge is 2.44. The summed E-state index contributed by atoms with van der Waals surface area (Å²) in [6.07, 6.45) is -1.95. The Hall–Kier alpha value is -3.17. The molecule has 0 saturated carbocycles. The molecule has 1 fully saturated rings. The zero-order valence-electron chi connectivity index (χ0n) is 20.4. The van der Waals surface area contributed by atoms with Gasteiger partial charge in [0.25, 0.3) is 0 Å². The van der Waals surface area contributed by atoms with E-state index in [4.69, 9.17) is 18.6 Å². The van der Waals surface area contributed by atoms with Crippen molar-refractivity contribution in [1.29, 1.82) is 0 Å². The SMILES string of the molecule is C=CCOc1cc(C)cc(OC2OC(CC)C(O)C(O)C2O)c1C(=O)CCc1ccc2occc2c1. The quantitative estimate of drug-likeness (QED) is 0.287. The lowest BCUT2D eigenvalue weighted by atomic mass is 9.97. The van der Waals surface area contributed by atoms with Crippen molar-refractivity contribution >= 4 is 16.8 Å². The second kappa shape index (κ2) is 11.3. The molecule has 5 atom stereocenters. The van der Waals surface area contributed by atoms with E-state index in [-0.39, 0.29) is 30.1 Å². The fraction of sp³-hybridized carbons (Fsp3) is 0.393. The van der Waals surface area contributed by atoms with Crippen LogP contribution in [-0.2, 0) is 11.2 Å². The molecule has 1 aromatic heterocycles. The van der Waals surface area contributed by atoms with Gasteiger partial charge >= 0.3 is 0 Å². The predicted octanol–water partition coefficient (Wildman–Crippen LogP) is 3.72. The van der Waals surface area contributed by atoms with Crippen LogP contribution >= 0.6 is 0 Å². The molecule has 36 heavy (non-hydrogen) atoms. The predicted molar refractivity (Wildman–Crippen MR) is 133 cm³/mol. The molecular formula is C28H32O8. The maximum Gasteiger partial charge on any atom is 0.229 e. The summed E-state index contributed by atoms with van der Waals surface area (Å²) in [5, 5.41) is 31.9. The van der Waals surface area contributed by atoms with E-state index in [2.05, 4.69) is 6.58 Å². The van der Waals surface area contributed by atoms with Crippen molar-refractivity contribution in [2.45, 2.75) is 63.8 Å². The Morgan fingerprint density at radius 3 is 2.61 bits per heavy atom. The van der Waals surface area contributed by atoms with Crippen LogP contribution in [0.25, 0.3) is 11.0 Å². The zero-order valence-corrected chi connectivity index (χ0v) is 20.4. The number of Topliss-reactive ketones (excluding diaryl/α,β-unsaturated/α-hetero) is 1. The molecule has 8 heteroatoms. The Kier molecular flexibility index (Phi) is 8.11. The zero-order chi connectivity index (χ0) is 25.8. The summed E-state index contributed by atoms with van der Waals surface area (Å²) in [5.74, 6) is 0.291. The summed E-state index contributed by atoms with van der Waals surface area (Å²) < 4.78 is 22.9. The number of furan rings is 1. The summed E-state index contributed by atoms with van der Waals surface area (Å²) >= 11 is 0. The standard InChI is InChI=1S/C28H32O8/c1-4-11-33-22-13-16(3)14-23(36-28-27(32)26(31)25(30)20(5-2)35-28)24(22)19(29)8-6-17-7-9-21-18(15-17)10-12-34-21/h4,7,9-10,12-15,20,25-28,30-32H,1,5-6,8,11H2,2-3H3. The average molecular weight is 497 g/mol. The summed E-state index contributed by atoms with van der Waals surface area (Å²) in [7, 11) is 0. The third-order valence-corrected chi connectivity index (χ3v) is 6.32. The number of aliphatic hydroxyl groups is 3. The van der Waals surface area contributed by atoms with E-state index >= 15 is 0 Å². The Labute approximate surface area is 209 Å². The third-order valence-electron chi connectivity index (χ3n) is 6.32. The number of benzene rings is 2. The van der Waals surface area contributed by atoms with Gasteiger partial charge in [0.2, 0.25) is 6.29 Å². The summed E-state index contributed by atoms with van der Waals surface area (Å²) in [4.78, 5) is 13.5. The van der Waals surface area contributed by atoms with Crippen LogP contribution in [0.5, 0.6) is 11.5 Å². The molecule has 2 aromatic carbocycles. The normalized spacial score (nSPS) is 24.0. The second-order valence-electron chi connectivity index (χ2n) is 8.99. The third kappa shape index (κ3) is 5.47. The summed E-state index contributed by atoms with van der Waals surface area (Å²) in [5.41, 5.74) is 2.75. The number of aliphatic hydroxyl groups excluding tert-OH is 3. The van der Waals surface area contributed by atoms with Crippen molar-refractivity contribution in [1.82, 2.24) is 0 Å². The van der Waals surface area contributed by atoms with E-state index < -0.39 is 30.7 Å². The molecule has 3 N–H and O–H groups in total. The van der Waals surface area contributed by atoms with Crippen LogP contribution in [0.15, 0.2) is 59.7 Å². The topological polar surface area (TPSA) is 119 Å². The smallest absolute Gasteiger partial charge is 0.229 e. The van der Waals surface area contributed by atoms with Crippen LogP contribution in [0.3, 0.4) is 0 Å². The molecule has 5 unspecified atom stereocenters. The number of fused-ring (bicyclic) bond motifs is 1. The molecule has 1 aliphatic rings. The Morgan fingerprint density at radius 2 is 1.86 bits per heavy atom. The highest BCUT2D eigenvalue weighted by atomic mass is 16.7. The maximum atomic E-state index is 13.5. The van der Waals surface area contributed by atoms with Gasteiger partial charge in [-0.1, -0.05) is 25.6 Å². The largest absolute Gasteiger partial charge is 0.489 e. The Morgan fingerprint density at radius 1 is 1.08 bits per heavy atom. The van der Waals surface area contributed by atoms with Crippen molar-refractivity contribution in [3.63, 3.8) is 0 Å². The highest BCUT2D eigenvalue weighted by Crippen LogP contribution is 2.35. The van der Waals surface area contributed by atoms with Crippen LogP contribution in [0.2, 0.25) is 0 Å². The van der Waals surface area contributed by atoms with E-state index in [1.807, 2.05) is 31.2 Å². The van der Waals surface area contributed by atoms with Gasteiger partial charge in [0, 0.05) is 11.8 Å². The van der Waals surface area contributed by atoms with E-state index in [0.717, 1.165) is 22.1 Å². The van der Waals surface area contributed by atoms with E-state index in [0.29, 0.717) is 18.6 Å². The molecule has 0 spiro atoms. The lowest BCUT2D eigenvalue weighted by molar-refractivity contribution is -0.272. The minimum atomic E-state index is -1.51. The minimum Gasteiger partial charge on any atom is -0.489 e. The van der Waals surface area contributed by atoms with E-state index in [9.17, 15) is 20.1 Å². The number of ether oxygens (including phenoxy) is 3. The first-order valence-corrected chi connectivity index (χ1v) is 12.1. The fourth-order valence-corrected chi connectivity index (χ4v) is 4.38. The van der Waals surface area contributed by atoms with Crippen molar-refractivity contribution in [2.75, 3.05) is 6.61 Å². The highest BCUT2D eigenvalue weighted by molar-refractivity contribution is 6.01. The number of hydrogen-bond donors (Lipinski definition) is 3. The maximum absolute atomic E-state index is 13.5.